The van der Waals surface area contributed by atoms with Gasteiger partial charge < -0.3 is 14.7 Å². The second-order valence-electron chi connectivity index (χ2n) is 9.53. The number of phosphoric acid groups is 1. The van der Waals surface area contributed by atoms with E-state index in [1.807, 2.05) is 21.1 Å². The minimum absolute atomic E-state index is 0.0144. The molecule has 0 aromatic carbocycles. The van der Waals surface area contributed by atoms with Crippen LogP contribution in [-0.4, -0.2) is 73.7 Å². The van der Waals surface area contributed by atoms with Crippen LogP contribution in [0.5, 0.6) is 0 Å². The van der Waals surface area contributed by atoms with Crippen LogP contribution >= 0.6 is 19.6 Å². The number of carbonyl (C=O) groups is 1. The van der Waals surface area contributed by atoms with Crippen LogP contribution in [0, 0.1) is 0 Å². The summed E-state index contributed by atoms with van der Waals surface area (Å²) in [7, 11) is 1.82. The monoisotopic (exact) mass is 497 g/mol. The first-order valence-corrected chi connectivity index (χ1v) is 15.0. The summed E-state index contributed by atoms with van der Waals surface area (Å²) in [4.78, 5) is 22.4. The zero-order valence-electron chi connectivity index (χ0n) is 21.3. The number of quaternary nitrogens is 1. The largest absolute Gasteiger partial charge is 0.472 e. The third-order valence-corrected chi connectivity index (χ3v) is 7.24. The van der Waals surface area contributed by atoms with E-state index >= 15 is 0 Å². The number of likely N-dealkylation sites (N-methyl/N-ethyl adjacent to an activating group) is 1. The summed E-state index contributed by atoms with van der Waals surface area (Å²) in [6, 6.07) is -0.304. The lowest BCUT2D eigenvalue weighted by Crippen LogP contribution is -2.40. The van der Waals surface area contributed by atoms with Crippen molar-refractivity contribution >= 4 is 25.5 Å². The number of phosphoric ester groups is 1. The Hall–Kier alpha value is -0.110. The van der Waals surface area contributed by atoms with Gasteiger partial charge in [0.2, 0.25) is 5.91 Å². The van der Waals surface area contributed by atoms with Gasteiger partial charge in [-0.2, -0.15) is 11.8 Å². The normalized spacial score (nSPS) is 14.8. The van der Waals surface area contributed by atoms with Crippen LogP contribution in [0.1, 0.15) is 84.5 Å². The standard InChI is InChI=1S/C23H49N2O5PS/c1-6-8-10-12-13-14-16-23(26)24-22(21-32-19-15-11-9-7-2)20-30-31(27,28)29-18-17-25(3,4)5/h22H,6-21H2,1-5H3,(H-,24,26,27,28)/p+1/t22-/m0/s1. The SMILES string of the molecule is CCCCCCCCC(=O)N[C@@H](COP(=O)(O)OCC[N+](C)(C)C)CSCCCCCC. The molecule has 0 fully saturated rings. The summed E-state index contributed by atoms with van der Waals surface area (Å²) >= 11 is 1.75. The lowest BCUT2D eigenvalue weighted by atomic mass is 10.1. The first kappa shape index (κ1) is 31.9. The maximum Gasteiger partial charge on any atom is 0.472 e. The van der Waals surface area contributed by atoms with Crippen LogP contribution in [0.4, 0.5) is 0 Å². The van der Waals surface area contributed by atoms with Gasteiger partial charge in [-0.05, 0) is 18.6 Å². The molecular weight excluding hydrogens is 447 g/mol. The number of amides is 1. The second kappa shape index (κ2) is 19.2. The van der Waals surface area contributed by atoms with Crippen molar-refractivity contribution in [3.8, 4) is 0 Å². The van der Waals surface area contributed by atoms with Crippen LogP contribution < -0.4 is 5.32 Å². The Balaban J connectivity index is 4.45. The maximum absolute atomic E-state index is 12.4. The van der Waals surface area contributed by atoms with Crippen molar-refractivity contribution in [2.45, 2.75) is 90.5 Å². The first-order chi connectivity index (χ1) is 15.1. The Kier molecular flexibility index (Phi) is 19.2. The highest BCUT2D eigenvalue weighted by atomic mass is 32.2. The average molecular weight is 498 g/mol. The van der Waals surface area contributed by atoms with Crippen molar-refractivity contribution in [3.05, 3.63) is 0 Å². The van der Waals surface area contributed by atoms with Crippen molar-refractivity contribution < 1.29 is 27.8 Å². The number of carbonyl (C=O) groups excluding carboxylic acids is 1. The number of thioether (sulfide) groups is 1. The summed E-state index contributed by atoms with van der Waals surface area (Å²) in [5.41, 5.74) is 0. The third-order valence-electron chi connectivity index (χ3n) is 5.04. The lowest BCUT2D eigenvalue weighted by Gasteiger charge is -2.24. The molecule has 192 valence electrons. The van der Waals surface area contributed by atoms with Gasteiger partial charge in [-0.1, -0.05) is 65.2 Å². The predicted molar refractivity (Wildman–Crippen MR) is 136 cm³/mol. The van der Waals surface area contributed by atoms with E-state index in [0.29, 0.717) is 23.2 Å². The molecule has 1 unspecified atom stereocenters. The van der Waals surface area contributed by atoms with Gasteiger partial charge in [0.05, 0.1) is 33.8 Å². The fourth-order valence-electron chi connectivity index (χ4n) is 3.01. The quantitative estimate of drug-likeness (QED) is 0.119. The van der Waals surface area contributed by atoms with E-state index in [1.54, 1.807) is 11.8 Å². The van der Waals surface area contributed by atoms with Crippen molar-refractivity contribution in [1.29, 1.82) is 0 Å². The van der Waals surface area contributed by atoms with E-state index in [2.05, 4.69) is 19.2 Å². The van der Waals surface area contributed by atoms with Gasteiger partial charge >= 0.3 is 7.82 Å². The van der Waals surface area contributed by atoms with Gasteiger partial charge in [0.15, 0.2) is 0 Å². The van der Waals surface area contributed by atoms with Crippen molar-refractivity contribution in [1.82, 2.24) is 5.32 Å². The predicted octanol–water partition coefficient (Wildman–Crippen LogP) is 5.38. The second-order valence-corrected chi connectivity index (χ2v) is 12.1. The molecule has 0 saturated heterocycles. The zero-order chi connectivity index (χ0) is 24.3. The summed E-state index contributed by atoms with van der Waals surface area (Å²) < 4.78 is 23.2. The van der Waals surface area contributed by atoms with Crippen molar-refractivity contribution in [2.24, 2.45) is 0 Å². The maximum atomic E-state index is 12.4. The molecule has 32 heavy (non-hydrogen) atoms. The molecule has 0 spiro atoms. The van der Waals surface area contributed by atoms with Gasteiger partial charge in [-0.3, -0.25) is 13.8 Å². The minimum atomic E-state index is -4.14. The van der Waals surface area contributed by atoms with E-state index in [1.165, 1.54) is 44.9 Å². The third kappa shape index (κ3) is 21.7. The number of unbranched alkanes of at least 4 members (excludes halogenated alkanes) is 8. The molecule has 0 radical (unpaired) electrons. The fraction of sp³-hybridized carbons (Fsp3) is 0.957. The summed E-state index contributed by atoms with van der Waals surface area (Å²) in [6.07, 6.45) is 12.1. The Labute approximate surface area is 201 Å². The van der Waals surface area contributed by atoms with Crippen LogP contribution in [0.25, 0.3) is 0 Å². The first-order valence-electron chi connectivity index (χ1n) is 12.4. The van der Waals surface area contributed by atoms with E-state index in [9.17, 15) is 14.3 Å². The molecule has 0 aliphatic carbocycles. The molecular formula is C23H50N2O5PS+. The van der Waals surface area contributed by atoms with Crippen molar-refractivity contribution in [3.63, 3.8) is 0 Å². The molecule has 0 aliphatic heterocycles. The summed E-state index contributed by atoms with van der Waals surface area (Å²) in [5.74, 6) is 1.66. The number of nitrogens with zero attached hydrogens (tertiary/aromatic N) is 1. The molecule has 9 heteroatoms. The van der Waals surface area contributed by atoms with Gasteiger partial charge in [-0.25, -0.2) is 4.57 Å². The highest BCUT2D eigenvalue weighted by molar-refractivity contribution is 7.99. The van der Waals surface area contributed by atoms with E-state index < -0.39 is 7.82 Å². The number of hydrogen-bond donors (Lipinski definition) is 2. The van der Waals surface area contributed by atoms with Gasteiger partial charge in [-0.15, -0.1) is 0 Å². The van der Waals surface area contributed by atoms with Crippen LogP contribution in [0.15, 0.2) is 0 Å². The number of nitrogens with one attached hydrogen (secondary N) is 1. The zero-order valence-corrected chi connectivity index (χ0v) is 23.0. The molecule has 2 atom stereocenters. The molecule has 0 saturated carbocycles. The Morgan fingerprint density at radius 1 is 0.969 bits per heavy atom. The summed E-state index contributed by atoms with van der Waals surface area (Å²) in [5, 5.41) is 3.00. The van der Waals surface area contributed by atoms with Crippen LogP contribution in [-0.2, 0) is 18.4 Å². The Bertz CT molecular complexity index is 517. The molecule has 0 aliphatic rings. The fourth-order valence-corrected chi connectivity index (χ4v) is 4.80. The van der Waals surface area contributed by atoms with Crippen molar-refractivity contribution in [2.75, 3.05) is 52.4 Å². The van der Waals surface area contributed by atoms with Gasteiger partial charge in [0, 0.05) is 12.2 Å². The number of rotatable bonds is 22. The summed E-state index contributed by atoms with van der Waals surface area (Å²) in [6.45, 7) is 5.09. The lowest BCUT2D eigenvalue weighted by molar-refractivity contribution is -0.870. The Morgan fingerprint density at radius 2 is 1.56 bits per heavy atom. The van der Waals surface area contributed by atoms with Crippen LogP contribution in [0.2, 0.25) is 0 Å². The molecule has 7 nitrogen and oxygen atoms in total. The molecule has 1 amide bonds. The average Bonchev–Trinajstić information content (AvgIpc) is 2.70. The van der Waals surface area contributed by atoms with E-state index in [0.717, 1.165) is 25.0 Å². The topological polar surface area (TPSA) is 84.9 Å². The molecule has 0 aromatic heterocycles. The van der Waals surface area contributed by atoms with Crippen LogP contribution in [0.3, 0.4) is 0 Å². The molecule has 0 rings (SSSR count). The molecule has 0 heterocycles. The highest BCUT2D eigenvalue weighted by Crippen LogP contribution is 2.43. The Morgan fingerprint density at radius 3 is 2.19 bits per heavy atom. The minimum Gasteiger partial charge on any atom is -0.350 e. The van der Waals surface area contributed by atoms with Gasteiger partial charge in [0.1, 0.15) is 13.2 Å². The van der Waals surface area contributed by atoms with E-state index in [4.69, 9.17) is 9.05 Å². The smallest absolute Gasteiger partial charge is 0.350 e. The van der Waals surface area contributed by atoms with E-state index in [-0.39, 0.29) is 25.2 Å². The molecule has 2 N–H and O–H groups in total. The van der Waals surface area contributed by atoms with Gasteiger partial charge in [0.25, 0.3) is 0 Å². The molecule has 0 bridgehead atoms. The number of hydrogen-bond acceptors (Lipinski definition) is 5. The highest BCUT2D eigenvalue weighted by Gasteiger charge is 2.25. The molecule has 0 aromatic rings.